The molecule has 1 amide bonds. The van der Waals surface area contributed by atoms with E-state index in [1.54, 1.807) is 30.3 Å². The van der Waals surface area contributed by atoms with Gasteiger partial charge in [0.15, 0.2) is 5.82 Å². The lowest BCUT2D eigenvalue weighted by atomic mass is 10.1. The summed E-state index contributed by atoms with van der Waals surface area (Å²) >= 11 is 9.53. The number of halogens is 2. The quantitative estimate of drug-likeness (QED) is 0.287. The SMILES string of the molecule is O=C(C(=Cc1ccc(Br)cc1)NC(=O)c1ccccc1Cl)c1nc2ccccc2[nH]1. The topological polar surface area (TPSA) is 74.8 Å². The van der Waals surface area contributed by atoms with Gasteiger partial charge in [0.2, 0.25) is 5.78 Å². The van der Waals surface area contributed by atoms with E-state index in [1.165, 1.54) is 0 Å². The summed E-state index contributed by atoms with van der Waals surface area (Å²) in [6.07, 6.45) is 1.61. The number of fused-ring (bicyclic) bond motifs is 1. The van der Waals surface area contributed by atoms with E-state index in [4.69, 9.17) is 11.6 Å². The number of aromatic amines is 1. The number of rotatable bonds is 5. The molecule has 0 aliphatic heterocycles. The fourth-order valence-electron chi connectivity index (χ4n) is 2.91. The number of benzene rings is 3. The molecule has 148 valence electrons. The fraction of sp³-hybridized carbons (Fsp3) is 0. The highest BCUT2D eigenvalue weighted by molar-refractivity contribution is 9.10. The van der Waals surface area contributed by atoms with E-state index in [-0.39, 0.29) is 17.1 Å². The van der Waals surface area contributed by atoms with Crippen molar-refractivity contribution in [1.82, 2.24) is 15.3 Å². The molecule has 1 aromatic heterocycles. The Labute approximate surface area is 185 Å². The Balaban J connectivity index is 1.72. The summed E-state index contributed by atoms with van der Waals surface area (Å²) < 4.78 is 0.907. The van der Waals surface area contributed by atoms with E-state index in [9.17, 15) is 9.59 Å². The van der Waals surface area contributed by atoms with Crippen LogP contribution in [-0.2, 0) is 0 Å². The van der Waals surface area contributed by atoms with Crippen LogP contribution in [0.4, 0.5) is 0 Å². The van der Waals surface area contributed by atoms with E-state index in [1.807, 2.05) is 48.5 Å². The molecule has 0 fully saturated rings. The van der Waals surface area contributed by atoms with Crippen LogP contribution in [0.1, 0.15) is 26.5 Å². The first kappa shape index (κ1) is 20.1. The van der Waals surface area contributed by atoms with E-state index in [2.05, 4.69) is 31.2 Å². The number of para-hydroxylation sites is 2. The standard InChI is InChI=1S/C23H15BrClN3O2/c24-15-11-9-14(10-12-15)13-20(28-23(30)16-5-1-2-6-17(16)25)21(29)22-26-18-7-3-4-8-19(18)27-22/h1-13H,(H,26,27)(H,28,30). The lowest BCUT2D eigenvalue weighted by molar-refractivity contribution is 0.0932. The van der Waals surface area contributed by atoms with Crippen molar-refractivity contribution < 1.29 is 9.59 Å². The fourth-order valence-corrected chi connectivity index (χ4v) is 3.39. The van der Waals surface area contributed by atoms with Gasteiger partial charge in [0, 0.05) is 4.47 Å². The molecule has 0 aliphatic carbocycles. The van der Waals surface area contributed by atoms with Gasteiger partial charge in [0.25, 0.3) is 5.91 Å². The van der Waals surface area contributed by atoms with Gasteiger partial charge in [-0.2, -0.15) is 0 Å². The minimum atomic E-state index is -0.478. The first-order chi connectivity index (χ1) is 14.5. The number of hydrogen-bond donors (Lipinski definition) is 2. The van der Waals surface area contributed by atoms with Gasteiger partial charge in [-0.15, -0.1) is 0 Å². The third kappa shape index (κ3) is 4.35. The van der Waals surface area contributed by atoms with Crippen molar-refractivity contribution in [2.75, 3.05) is 0 Å². The molecule has 0 atom stereocenters. The monoisotopic (exact) mass is 479 g/mol. The molecule has 4 rings (SSSR count). The predicted molar refractivity (Wildman–Crippen MR) is 121 cm³/mol. The molecule has 0 unspecified atom stereocenters. The smallest absolute Gasteiger partial charge is 0.257 e. The lowest BCUT2D eigenvalue weighted by Gasteiger charge is -2.09. The van der Waals surface area contributed by atoms with Crippen LogP contribution in [0.5, 0.6) is 0 Å². The molecule has 7 heteroatoms. The van der Waals surface area contributed by atoms with Gasteiger partial charge < -0.3 is 10.3 Å². The van der Waals surface area contributed by atoms with E-state index < -0.39 is 11.7 Å². The number of carbonyl (C=O) groups excluding carboxylic acids is 2. The maximum absolute atomic E-state index is 13.2. The number of aromatic nitrogens is 2. The zero-order valence-electron chi connectivity index (χ0n) is 15.5. The predicted octanol–water partition coefficient (Wildman–Crippen LogP) is 5.63. The Bertz CT molecular complexity index is 1250. The second-order valence-electron chi connectivity index (χ2n) is 6.48. The number of allylic oxidation sites excluding steroid dienone is 1. The number of carbonyl (C=O) groups is 2. The van der Waals surface area contributed by atoms with Gasteiger partial charge in [-0.25, -0.2) is 4.98 Å². The number of amides is 1. The Morgan fingerprint density at radius 1 is 0.967 bits per heavy atom. The molecule has 3 aromatic carbocycles. The highest BCUT2D eigenvalue weighted by Crippen LogP contribution is 2.19. The minimum Gasteiger partial charge on any atom is -0.335 e. The van der Waals surface area contributed by atoms with Gasteiger partial charge in [-0.1, -0.05) is 63.9 Å². The van der Waals surface area contributed by atoms with Gasteiger partial charge in [-0.05, 0) is 48.0 Å². The molecule has 0 spiro atoms. The van der Waals surface area contributed by atoms with Crippen molar-refractivity contribution >= 4 is 56.3 Å². The van der Waals surface area contributed by atoms with Gasteiger partial charge in [0.05, 0.1) is 27.3 Å². The van der Waals surface area contributed by atoms with Gasteiger partial charge in [-0.3, -0.25) is 9.59 Å². The molecule has 0 radical (unpaired) electrons. The van der Waals surface area contributed by atoms with Gasteiger partial charge in [0.1, 0.15) is 0 Å². The molecule has 0 aliphatic rings. The summed E-state index contributed by atoms with van der Waals surface area (Å²) in [7, 11) is 0. The first-order valence-corrected chi connectivity index (χ1v) is 10.2. The Hall–Kier alpha value is -3.22. The number of ketones is 1. The third-order valence-electron chi connectivity index (χ3n) is 4.40. The largest absolute Gasteiger partial charge is 0.335 e. The molecule has 30 heavy (non-hydrogen) atoms. The Morgan fingerprint density at radius 2 is 1.67 bits per heavy atom. The van der Waals surface area contributed by atoms with Crippen molar-refractivity contribution in [2.24, 2.45) is 0 Å². The van der Waals surface area contributed by atoms with Crippen LogP contribution in [0.25, 0.3) is 17.1 Å². The number of H-pyrrole nitrogens is 1. The van der Waals surface area contributed by atoms with Crippen LogP contribution in [-0.4, -0.2) is 21.7 Å². The van der Waals surface area contributed by atoms with Crippen molar-refractivity contribution in [3.05, 3.63) is 105 Å². The van der Waals surface area contributed by atoms with Crippen molar-refractivity contribution in [1.29, 1.82) is 0 Å². The van der Waals surface area contributed by atoms with E-state index in [0.29, 0.717) is 10.5 Å². The van der Waals surface area contributed by atoms with Crippen LogP contribution in [0, 0.1) is 0 Å². The Kier molecular flexibility index (Phi) is 5.79. The average molecular weight is 481 g/mol. The normalized spacial score (nSPS) is 11.5. The van der Waals surface area contributed by atoms with Crippen molar-refractivity contribution in [2.45, 2.75) is 0 Å². The number of nitrogens with zero attached hydrogens (tertiary/aromatic N) is 1. The Morgan fingerprint density at radius 3 is 2.40 bits per heavy atom. The van der Waals surface area contributed by atoms with Crippen molar-refractivity contribution in [3.63, 3.8) is 0 Å². The number of Topliss-reactive ketones (excluding diaryl/α,β-unsaturated/α-hetero) is 1. The summed E-state index contributed by atoms with van der Waals surface area (Å²) in [5, 5.41) is 3.00. The first-order valence-electron chi connectivity index (χ1n) is 9.04. The molecule has 2 N–H and O–H groups in total. The maximum Gasteiger partial charge on any atom is 0.257 e. The van der Waals surface area contributed by atoms with Crippen LogP contribution in [0.15, 0.2) is 83.0 Å². The third-order valence-corrected chi connectivity index (χ3v) is 5.26. The highest BCUT2D eigenvalue weighted by atomic mass is 79.9. The second kappa shape index (κ2) is 8.65. The zero-order chi connectivity index (χ0) is 21.1. The molecule has 5 nitrogen and oxygen atoms in total. The molecule has 4 aromatic rings. The van der Waals surface area contributed by atoms with Crippen LogP contribution in [0.3, 0.4) is 0 Å². The van der Waals surface area contributed by atoms with Crippen LogP contribution in [0.2, 0.25) is 5.02 Å². The molecule has 0 saturated carbocycles. The second-order valence-corrected chi connectivity index (χ2v) is 7.80. The highest BCUT2D eigenvalue weighted by Gasteiger charge is 2.20. The lowest BCUT2D eigenvalue weighted by Crippen LogP contribution is -2.28. The summed E-state index contributed by atoms with van der Waals surface area (Å²) in [5.41, 5.74) is 2.51. The summed E-state index contributed by atoms with van der Waals surface area (Å²) in [6.45, 7) is 0. The molecule has 0 bridgehead atoms. The van der Waals surface area contributed by atoms with E-state index in [0.717, 1.165) is 15.6 Å². The summed E-state index contributed by atoms with van der Waals surface area (Å²) in [5.74, 6) is -0.776. The number of imidazole rings is 1. The maximum atomic E-state index is 13.2. The van der Waals surface area contributed by atoms with Crippen LogP contribution < -0.4 is 5.32 Å². The molecular formula is C23H15BrClN3O2. The zero-order valence-corrected chi connectivity index (χ0v) is 17.9. The van der Waals surface area contributed by atoms with Crippen LogP contribution >= 0.6 is 27.5 Å². The summed E-state index contributed by atoms with van der Waals surface area (Å²) in [4.78, 5) is 33.4. The van der Waals surface area contributed by atoms with E-state index >= 15 is 0 Å². The van der Waals surface area contributed by atoms with Crippen molar-refractivity contribution in [3.8, 4) is 0 Å². The molecule has 1 heterocycles. The van der Waals surface area contributed by atoms with Gasteiger partial charge >= 0.3 is 0 Å². The summed E-state index contributed by atoms with van der Waals surface area (Å²) in [6, 6.07) is 21.4. The number of hydrogen-bond acceptors (Lipinski definition) is 3. The molecule has 0 saturated heterocycles. The number of nitrogens with one attached hydrogen (secondary N) is 2. The molecular weight excluding hydrogens is 466 g/mol. The average Bonchev–Trinajstić information content (AvgIpc) is 3.19. The minimum absolute atomic E-state index is 0.0845.